The van der Waals surface area contributed by atoms with E-state index in [1.165, 1.54) is 51.7 Å². The molecule has 20 heavy (non-hydrogen) atoms. The second-order valence-corrected chi connectivity index (χ2v) is 7.33. The van der Waals surface area contributed by atoms with Crippen LogP contribution in [0.25, 0.3) is 0 Å². The number of hydrogen-bond donors (Lipinski definition) is 2. The zero-order valence-electron chi connectivity index (χ0n) is 13.7. The smallest absolute Gasteiger partial charge is 0.0616 e. The third kappa shape index (κ3) is 4.19. The normalized spacial score (nSPS) is 30.6. The molecule has 2 rings (SSSR count). The van der Waals surface area contributed by atoms with Crippen LogP contribution in [0.5, 0.6) is 0 Å². The molecule has 3 heteroatoms. The van der Waals surface area contributed by atoms with Gasteiger partial charge in [0, 0.05) is 18.1 Å². The molecular formula is C17H34N2O. The van der Waals surface area contributed by atoms with E-state index in [0.717, 1.165) is 12.3 Å². The zero-order chi connectivity index (χ0) is 14.6. The van der Waals surface area contributed by atoms with Crippen molar-refractivity contribution >= 4 is 0 Å². The highest BCUT2D eigenvalue weighted by atomic mass is 16.3. The van der Waals surface area contributed by atoms with E-state index in [1.54, 1.807) is 0 Å². The lowest BCUT2D eigenvalue weighted by Gasteiger charge is -2.38. The van der Waals surface area contributed by atoms with Crippen molar-refractivity contribution < 1.29 is 5.11 Å². The molecule has 0 saturated heterocycles. The largest absolute Gasteiger partial charge is 0.394 e. The average molecular weight is 282 g/mol. The third-order valence-corrected chi connectivity index (χ3v) is 5.27. The topological polar surface area (TPSA) is 35.5 Å². The van der Waals surface area contributed by atoms with Gasteiger partial charge >= 0.3 is 0 Å². The van der Waals surface area contributed by atoms with Crippen LogP contribution < -0.4 is 5.32 Å². The van der Waals surface area contributed by atoms with Crippen LogP contribution in [0.1, 0.15) is 59.3 Å². The Hall–Kier alpha value is -0.120. The van der Waals surface area contributed by atoms with E-state index in [2.05, 4.69) is 31.0 Å². The molecule has 0 aliphatic heterocycles. The lowest BCUT2D eigenvalue weighted by molar-refractivity contribution is 0.103. The molecule has 0 aromatic carbocycles. The predicted octanol–water partition coefficient (Wildman–Crippen LogP) is 2.64. The van der Waals surface area contributed by atoms with Crippen molar-refractivity contribution in [2.45, 2.75) is 70.9 Å². The maximum atomic E-state index is 9.94. The van der Waals surface area contributed by atoms with Gasteiger partial charge in [-0.05, 0) is 57.0 Å². The van der Waals surface area contributed by atoms with Crippen molar-refractivity contribution in [2.24, 2.45) is 11.8 Å². The molecule has 0 bridgehead atoms. The van der Waals surface area contributed by atoms with E-state index in [4.69, 9.17) is 0 Å². The maximum Gasteiger partial charge on any atom is 0.0616 e. The molecule has 3 nitrogen and oxygen atoms in total. The Kier molecular flexibility index (Phi) is 5.88. The highest BCUT2D eigenvalue weighted by Gasteiger charge is 2.42. The molecule has 0 radical (unpaired) electrons. The van der Waals surface area contributed by atoms with Crippen molar-refractivity contribution in [3.05, 3.63) is 0 Å². The molecule has 2 fully saturated rings. The average Bonchev–Trinajstić information content (AvgIpc) is 3.15. The fraction of sp³-hybridized carbons (Fsp3) is 1.00. The number of hydrogen-bond acceptors (Lipinski definition) is 3. The number of aliphatic hydroxyl groups excluding tert-OH is 1. The van der Waals surface area contributed by atoms with Crippen LogP contribution in [0, 0.1) is 11.8 Å². The Morgan fingerprint density at radius 1 is 1.30 bits per heavy atom. The predicted molar refractivity (Wildman–Crippen MR) is 84.9 cm³/mol. The summed E-state index contributed by atoms with van der Waals surface area (Å²) in [6.07, 6.45) is 7.80. The first kappa shape index (κ1) is 16.3. The quantitative estimate of drug-likeness (QED) is 0.682. The SMILES string of the molecule is CCN(CCC1CCCC1(CO)NC(C)C)CC1CC1. The highest BCUT2D eigenvalue weighted by Crippen LogP contribution is 2.38. The molecule has 2 aliphatic carbocycles. The molecule has 0 spiro atoms. The molecule has 2 atom stereocenters. The fourth-order valence-electron chi connectivity index (χ4n) is 3.97. The summed E-state index contributed by atoms with van der Waals surface area (Å²) in [7, 11) is 0. The van der Waals surface area contributed by atoms with E-state index in [1.807, 2.05) is 0 Å². The molecule has 0 aromatic heterocycles. The first-order valence-electron chi connectivity index (χ1n) is 8.70. The van der Waals surface area contributed by atoms with Crippen molar-refractivity contribution in [3.63, 3.8) is 0 Å². The van der Waals surface area contributed by atoms with Gasteiger partial charge in [-0.1, -0.05) is 27.2 Å². The highest BCUT2D eigenvalue weighted by molar-refractivity contribution is 5.00. The van der Waals surface area contributed by atoms with E-state index in [0.29, 0.717) is 18.6 Å². The van der Waals surface area contributed by atoms with Gasteiger partial charge in [0.05, 0.1) is 6.61 Å². The molecule has 0 amide bonds. The summed E-state index contributed by atoms with van der Waals surface area (Å²) in [5, 5.41) is 13.6. The minimum Gasteiger partial charge on any atom is -0.394 e. The van der Waals surface area contributed by atoms with Gasteiger partial charge in [-0.25, -0.2) is 0 Å². The van der Waals surface area contributed by atoms with Crippen LogP contribution in [-0.2, 0) is 0 Å². The lowest BCUT2D eigenvalue weighted by Crippen LogP contribution is -2.54. The van der Waals surface area contributed by atoms with Crippen molar-refractivity contribution in [1.82, 2.24) is 10.2 Å². The van der Waals surface area contributed by atoms with Gasteiger partial charge in [0.25, 0.3) is 0 Å². The first-order chi connectivity index (χ1) is 9.59. The summed E-state index contributed by atoms with van der Waals surface area (Å²) in [4.78, 5) is 2.62. The van der Waals surface area contributed by atoms with Gasteiger partial charge in [-0.3, -0.25) is 0 Å². The summed E-state index contributed by atoms with van der Waals surface area (Å²) in [6, 6.07) is 0.455. The van der Waals surface area contributed by atoms with Crippen LogP contribution in [0.3, 0.4) is 0 Å². The second-order valence-electron chi connectivity index (χ2n) is 7.33. The number of nitrogens with zero attached hydrogens (tertiary/aromatic N) is 1. The Morgan fingerprint density at radius 2 is 2.05 bits per heavy atom. The fourth-order valence-corrected chi connectivity index (χ4v) is 3.97. The monoisotopic (exact) mass is 282 g/mol. The van der Waals surface area contributed by atoms with Gasteiger partial charge in [0.1, 0.15) is 0 Å². The van der Waals surface area contributed by atoms with Crippen molar-refractivity contribution in [1.29, 1.82) is 0 Å². The van der Waals surface area contributed by atoms with Gasteiger partial charge in [-0.2, -0.15) is 0 Å². The van der Waals surface area contributed by atoms with Crippen molar-refractivity contribution in [3.8, 4) is 0 Å². The first-order valence-corrected chi connectivity index (χ1v) is 8.70. The molecular weight excluding hydrogens is 248 g/mol. The van der Waals surface area contributed by atoms with Gasteiger partial charge < -0.3 is 15.3 Å². The van der Waals surface area contributed by atoms with E-state index in [9.17, 15) is 5.11 Å². The summed E-state index contributed by atoms with van der Waals surface area (Å²) in [5.74, 6) is 1.62. The van der Waals surface area contributed by atoms with Crippen LogP contribution in [0.2, 0.25) is 0 Å². The van der Waals surface area contributed by atoms with Crippen molar-refractivity contribution in [2.75, 3.05) is 26.2 Å². The summed E-state index contributed by atoms with van der Waals surface area (Å²) in [5.41, 5.74) is -0.00679. The molecule has 2 aliphatic rings. The van der Waals surface area contributed by atoms with Crippen LogP contribution in [0.4, 0.5) is 0 Å². The Morgan fingerprint density at radius 3 is 2.60 bits per heavy atom. The Labute approximate surface area is 125 Å². The maximum absolute atomic E-state index is 9.94. The molecule has 118 valence electrons. The minimum absolute atomic E-state index is 0.00679. The standard InChI is InChI=1S/C17H34N2O/c1-4-19(12-15-7-8-15)11-9-16-6-5-10-17(16,13-20)18-14(2)3/h14-16,18,20H,4-13H2,1-3H3. The Balaban J connectivity index is 1.85. The molecule has 2 N–H and O–H groups in total. The van der Waals surface area contributed by atoms with E-state index < -0.39 is 0 Å². The van der Waals surface area contributed by atoms with Gasteiger partial charge in [-0.15, -0.1) is 0 Å². The van der Waals surface area contributed by atoms with E-state index >= 15 is 0 Å². The second kappa shape index (κ2) is 7.24. The number of nitrogens with one attached hydrogen (secondary N) is 1. The minimum atomic E-state index is -0.00679. The number of aliphatic hydroxyl groups is 1. The van der Waals surface area contributed by atoms with Crippen LogP contribution in [0.15, 0.2) is 0 Å². The van der Waals surface area contributed by atoms with Crippen LogP contribution in [-0.4, -0.2) is 47.8 Å². The molecule has 0 aromatic rings. The van der Waals surface area contributed by atoms with E-state index in [-0.39, 0.29) is 5.54 Å². The molecule has 2 unspecified atom stereocenters. The Bertz CT molecular complexity index is 291. The third-order valence-electron chi connectivity index (χ3n) is 5.27. The number of rotatable bonds is 9. The zero-order valence-corrected chi connectivity index (χ0v) is 13.7. The molecule has 2 saturated carbocycles. The lowest BCUT2D eigenvalue weighted by atomic mass is 9.84. The summed E-state index contributed by atoms with van der Waals surface area (Å²) in [6.45, 7) is 10.6. The van der Waals surface area contributed by atoms with Gasteiger partial charge in [0.15, 0.2) is 0 Å². The van der Waals surface area contributed by atoms with Crippen LogP contribution >= 0.6 is 0 Å². The molecule has 0 heterocycles. The summed E-state index contributed by atoms with van der Waals surface area (Å²) >= 11 is 0. The summed E-state index contributed by atoms with van der Waals surface area (Å²) < 4.78 is 0. The van der Waals surface area contributed by atoms with Gasteiger partial charge in [0.2, 0.25) is 0 Å².